The van der Waals surface area contributed by atoms with E-state index in [1.54, 1.807) is 0 Å². The summed E-state index contributed by atoms with van der Waals surface area (Å²) in [5, 5.41) is 8.43. The number of carbonyl (C=O) groups excluding carboxylic acids is 5. The summed E-state index contributed by atoms with van der Waals surface area (Å²) in [6.07, 6.45) is 1.27. The van der Waals surface area contributed by atoms with E-state index < -0.39 is 74.6 Å². The largest absolute Gasteiger partial charge is 0.363 e. The summed E-state index contributed by atoms with van der Waals surface area (Å²) in [7, 11) is -3.39. The highest BCUT2D eigenvalue weighted by Gasteiger charge is 2.50. The highest BCUT2D eigenvalue weighted by molar-refractivity contribution is 7.89. The lowest BCUT2D eigenvalue weighted by Gasteiger charge is -2.38. The topological polar surface area (TPSA) is 188 Å². The average molecular weight is 657 g/mol. The summed E-state index contributed by atoms with van der Waals surface area (Å²) >= 11 is 0. The molecule has 2 aliphatic rings. The van der Waals surface area contributed by atoms with Crippen molar-refractivity contribution in [2.24, 2.45) is 34.3 Å². The van der Waals surface area contributed by atoms with Crippen LogP contribution in [0.2, 0.25) is 0 Å². The number of ketones is 1. The normalized spacial score (nSPS) is 24.2. The molecule has 258 valence electrons. The van der Waals surface area contributed by atoms with Crippen LogP contribution in [0.3, 0.4) is 0 Å². The Bertz CT molecular complexity index is 1220. The number of sulfonamides is 1. The number of likely N-dealkylation sites (tertiary alicyclic amines) is 1. The number of carbonyl (C=O) groups is 5. The molecule has 0 radical (unpaired) electrons. The van der Waals surface area contributed by atoms with Crippen molar-refractivity contribution < 1.29 is 32.4 Å². The van der Waals surface area contributed by atoms with Crippen LogP contribution in [0.5, 0.6) is 0 Å². The lowest BCUT2D eigenvalue weighted by molar-refractivity contribution is -0.144. The summed E-state index contributed by atoms with van der Waals surface area (Å²) in [6.45, 7) is 19.6. The van der Waals surface area contributed by atoms with Gasteiger partial charge in [-0.15, -0.1) is 0 Å². The smallest absolute Gasteiger partial charge is 0.315 e. The van der Waals surface area contributed by atoms with E-state index in [-0.39, 0.29) is 43.0 Å². The van der Waals surface area contributed by atoms with Crippen molar-refractivity contribution in [2.75, 3.05) is 25.4 Å². The molecule has 13 nitrogen and oxygen atoms in total. The highest BCUT2D eigenvalue weighted by atomic mass is 32.2. The molecule has 2 rings (SSSR count). The summed E-state index contributed by atoms with van der Waals surface area (Å²) in [5.74, 6) is -3.14. The van der Waals surface area contributed by atoms with E-state index in [0.717, 1.165) is 0 Å². The lowest BCUT2D eigenvalue weighted by Crippen LogP contribution is -2.62. The third kappa shape index (κ3) is 9.63. The molecule has 2 fully saturated rings. The van der Waals surface area contributed by atoms with Gasteiger partial charge in [0.15, 0.2) is 0 Å². The van der Waals surface area contributed by atoms with Crippen molar-refractivity contribution in [3.05, 3.63) is 0 Å². The standard InChI is InChI=1S/C31H56N6O7S/c1-11-13-21(24(38)26(32)39)33-27(40)23-19(4)20(18(2)3)16-37(23)28(41)25(31(8,9)10)35-29(42)34-22(30(5,6)7)17-36-14-12-15-45(36,43)44/h18-23,25H,11-17H2,1-10H3,(H2,32,39)(H,33,40)(H2,34,35,42)/t19-,20+,21?,22+,23-,25+/m0/s1. The SMILES string of the molecule is CCCC(NC(=O)[C@@H]1[C@@H](C)[C@@H](C(C)C)CN1C(=O)[C@@H](NC(=O)N[C@H](CN1CCCS1(=O)=O)C(C)(C)C)C(C)(C)C)C(=O)C(N)=O. The number of hydrogen-bond donors (Lipinski definition) is 4. The Kier molecular flexibility index (Phi) is 12.6. The molecule has 0 saturated carbocycles. The van der Waals surface area contributed by atoms with E-state index in [1.807, 2.05) is 69.2 Å². The fraction of sp³-hybridized carbons (Fsp3) is 0.839. The Hall–Kier alpha value is -2.74. The number of hydrogen-bond acceptors (Lipinski definition) is 7. The monoisotopic (exact) mass is 656 g/mol. The second-order valence-corrected chi connectivity index (χ2v) is 17.2. The molecule has 2 aliphatic heterocycles. The molecule has 5 N–H and O–H groups in total. The van der Waals surface area contributed by atoms with Gasteiger partial charge < -0.3 is 26.6 Å². The molecule has 2 heterocycles. The van der Waals surface area contributed by atoms with Crippen LogP contribution < -0.4 is 21.7 Å². The molecule has 45 heavy (non-hydrogen) atoms. The number of nitrogens with zero attached hydrogens (tertiary/aromatic N) is 2. The van der Waals surface area contributed by atoms with Crippen molar-refractivity contribution >= 4 is 39.6 Å². The van der Waals surface area contributed by atoms with Crippen molar-refractivity contribution in [2.45, 2.75) is 113 Å². The molecule has 0 aliphatic carbocycles. The molecule has 0 bridgehead atoms. The van der Waals surface area contributed by atoms with Gasteiger partial charge in [-0.1, -0.05) is 75.7 Å². The summed E-state index contributed by atoms with van der Waals surface area (Å²) in [5.41, 5.74) is 3.97. The van der Waals surface area contributed by atoms with Crippen LogP contribution in [0.4, 0.5) is 4.79 Å². The van der Waals surface area contributed by atoms with E-state index in [2.05, 4.69) is 16.0 Å². The summed E-state index contributed by atoms with van der Waals surface area (Å²) in [6, 6.07) is -4.25. The van der Waals surface area contributed by atoms with Crippen LogP contribution in [0.1, 0.15) is 88.5 Å². The van der Waals surface area contributed by atoms with E-state index in [0.29, 0.717) is 19.4 Å². The maximum absolute atomic E-state index is 14.3. The van der Waals surface area contributed by atoms with Gasteiger partial charge in [-0.2, -0.15) is 4.31 Å². The number of amides is 5. The third-order valence-electron chi connectivity index (χ3n) is 9.11. The fourth-order valence-electron chi connectivity index (χ4n) is 6.22. The van der Waals surface area contributed by atoms with E-state index in [9.17, 15) is 32.4 Å². The zero-order chi connectivity index (χ0) is 34.7. The molecule has 2 saturated heterocycles. The van der Waals surface area contributed by atoms with Gasteiger partial charge in [0, 0.05) is 25.7 Å². The van der Waals surface area contributed by atoms with Crippen LogP contribution in [0, 0.1) is 28.6 Å². The zero-order valence-corrected chi connectivity index (χ0v) is 29.5. The predicted octanol–water partition coefficient (Wildman–Crippen LogP) is 1.61. The van der Waals surface area contributed by atoms with Crippen molar-refractivity contribution in [1.82, 2.24) is 25.2 Å². The minimum Gasteiger partial charge on any atom is -0.363 e. The Morgan fingerprint density at radius 1 is 0.956 bits per heavy atom. The highest BCUT2D eigenvalue weighted by Crippen LogP contribution is 2.36. The fourth-order valence-corrected chi connectivity index (χ4v) is 7.75. The zero-order valence-electron chi connectivity index (χ0n) is 28.7. The van der Waals surface area contributed by atoms with Gasteiger partial charge in [-0.3, -0.25) is 19.2 Å². The Labute approximate surface area is 269 Å². The van der Waals surface area contributed by atoms with Crippen molar-refractivity contribution in [3.8, 4) is 0 Å². The summed E-state index contributed by atoms with van der Waals surface area (Å²) in [4.78, 5) is 67.2. The average Bonchev–Trinajstić information content (AvgIpc) is 3.42. The molecule has 0 aromatic rings. The van der Waals surface area contributed by atoms with E-state index >= 15 is 0 Å². The molecular weight excluding hydrogens is 600 g/mol. The molecule has 14 heteroatoms. The first kappa shape index (κ1) is 38.4. The second-order valence-electron chi connectivity index (χ2n) is 15.1. The van der Waals surface area contributed by atoms with E-state index in [4.69, 9.17) is 5.73 Å². The van der Waals surface area contributed by atoms with Crippen molar-refractivity contribution in [3.63, 3.8) is 0 Å². The van der Waals surface area contributed by atoms with Gasteiger partial charge in [0.05, 0.1) is 11.8 Å². The molecule has 0 spiro atoms. The molecular formula is C31H56N6O7S. The molecule has 5 amide bonds. The number of nitrogens with one attached hydrogen (secondary N) is 3. The van der Waals surface area contributed by atoms with Gasteiger partial charge in [-0.05, 0) is 41.4 Å². The lowest BCUT2D eigenvalue weighted by atomic mass is 9.83. The predicted molar refractivity (Wildman–Crippen MR) is 172 cm³/mol. The van der Waals surface area contributed by atoms with Crippen LogP contribution in [-0.4, -0.2) is 96.7 Å². The number of nitrogens with two attached hydrogens (primary N) is 1. The number of urea groups is 1. The van der Waals surface area contributed by atoms with Crippen LogP contribution in [0.15, 0.2) is 0 Å². The molecule has 6 atom stereocenters. The second kappa shape index (κ2) is 14.8. The minimum atomic E-state index is -3.39. The van der Waals surface area contributed by atoms with Gasteiger partial charge in [-0.25, -0.2) is 13.2 Å². The molecule has 1 unspecified atom stereocenters. The Balaban J connectivity index is 2.37. The van der Waals surface area contributed by atoms with Gasteiger partial charge in [0.2, 0.25) is 27.6 Å². The van der Waals surface area contributed by atoms with E-state index in [1.165, 1.54) is 9.21 Å². The first-order valence-electron chi connectivity index (χ1n) is 16.0. The van der Waals surface area contributed by atoms with Crippen LogP contribution in [0.25, 0.3) is 0 Å². The number of rotatable bonds is 12. The van der Waals surface area contributed by atoms with Gasteiger partial charge in [0.1, 0.15) is 12.1 Å². The number of primary amides is 1. The minimum absolute atomic E-state index is 0.0386. The quantitative estimate of drug-likeness (QED) is 0.230. The Morgan fingerprint density at radius 3 is 2.00 bits per heavy atom. The third-order valence-corrected chi connectivity index (χ3v) is 11.0. The maximum Gasteiger partial charge on any atom is 0.315 e. The molecule has 0 aromatic heterocycles. The maximum atomic E-state index is 14.3. The van der Waals surface area contributed by atoms with Crippen molar-refractivity contribution in [1.29, 1.82) is 0 Å². The molecule has 0 aromatic carbocycles. The first-order chi connectivity index (χ1) is 20.5. The van der Waals surface area contributed by atoms with Gasteiger partial charge >= 0.3 is 6.03 Å². The van der Waals surface area contributed by atoms with Gasteiger partial charge in [0.25, 0.3) is 5.91 Å². The number of Topliss-reactive ketones (excluding diaryl/α,β-unsaturated/α-hetero) is 1. The Morgan fingerprint density at radius 2 is 1.56 bits per heavy atom. The van der Waals surface area contributed by atoms with Crippen LogP contribution >= 0.6 is 0 Å². The first-order valence-corrected chi connectivity index (χ1v) is 17.6. The summed E-state index contributed by atoms with van der Waals surface area (Å²) < 4.78 is 26.4. The van der Waals surface area contributed by atoms with Crippen LogP contribution in [-0.2, 0) is 29.2 Å².